The highest BCUT2D eigenvalue weighted by Crippen LogP contribution is 2.10. The number of hydrogen-bond acceptors (Lipinski definition) is 3. The number of methoxy groups -OCH3 is 1. The molecule has 4 nitrogen and oxygen atoms in total. The third kappa shape index (κ3) is 5.62. The monoisotopic (exact) mass is 315 g/mol. The van der Waals surface area contributed by atoms with Crippen LogP contribution in [0.2, 0.25) is 0 Å². The quantitative estimate of drug-likeness (QED) is 0.802. The lowest BCUT2D eigenvalue weighted by Crippen LogP contribution is -2.39. The Morgan fingerprint density at radius 2 is 2.11 bits per heavy atom. The predicted molar refractivity (Wildman–Crippen MR) is 73.4 cm³/mol. The molecule has 0 aromatic heterocycles. The van der Waals surface area contributed by atoms with E-state index in [9.17, 15) is 4.79 Å². The number of carbonyl (C=O) groups is 1. The number of halogens is 1. The largest absolute Gasteiger partial charge is 0.394 e. The molecule has 2 N–H and O–H groups in total. The maximum Gasteiger partial charge on any atom is 0.224 e. The zero-order valence-electron chi connectivity index (χ0n) is 10.4. The van der Waals surface area contributed by atoms with Gasteiger partial charge in [-0.05, 0) is 24.1 Å². The highest BCUT2D eigenvalue weighted by Gasteiger charge is 2.11. The molecule has 1 aromatic carbocycles. The lowest BCUT2D eigenvalue weighted by atomic mass is 10.1. The Morgan fingerprint density at radius 1 is 1.44 bits per heavy atom. The number of hydrogen-bond donors (Lipinski definition) is 2. The third-order valence-corrected chi connectivity index (χ3v) is 3.06. The van der Waals surface area contributed by atoms with Crippen molar-refractivity contribution in [1.29, 1.82) is 0 Å². The van der Waals surface area contributed by atoms with Crippen molar-refractivity contribution in [3.63, 3.8) is 0 Å². The minimum atomic E-state index is -0.243. The van der Waals surface area contributed by atoms with Crippen LogP contribution in [0.25, 0.3) is 0 Å². The fourth-order valence-electron chi connectivity index (χ4n) is 1.54. The maximum absolute atomic E-state index is 11.8. The van der Waals surface area contributed by atoms with E-state index in [0.717, 1.165) is 10.0 Å². The van der Waals surface area contributed by atoms with E-state index in [4.69, 9.17) is 9.84 Å². The zero-order chi connectivity index (χ0) is 13.4. The van der Waals surface area contributed by atoms with Gasteiger partial charge in [0.1, 0.15) is 0 Å². The Hall–Kier alpha value is -0.910. The van der Waals surface area contributed by atoms with Crippen LogP contribution in [0.15, 0.2) is 28.7 Å². The van der Waals surface area contributed by atoms with Gasteiger partial charge in [0.25, 0.3) is 0 Å². The molecular formula is C13H18BrNO3. The fourth-order valence-corrected chi connectivity index (χ4v) is 1.80. The van der Waals surface area contributed by atoms with Crippen molar-refractivity contribution in [2.75, 3.05) is 20.3 Å². The van der Waals surface area contributed by atoms with E-state index < -0.39 is 0 Å². The van der Waals surface area contributed by atoms with E-state index in [-0.39, 0.29) is 18.6 Å². The van der Waals surface area contributed by atoms with E-state index in [0.29, 0.717) is 19.4 Å². The molecular weight excluding hydrogens is 298 g/mol. The lowest BCUT2D eigenvalue weighted by molar-refractivity contribution is -0.121. The molecule has 0 aliphatic heterocycles. The van der Waals surface area contributed by atoms with Gasteiger partial charge in [0.05, 0.1) is 19.1 Å². The second kappa shape index (κ2) is 8.24. The molecule has 0 spiro atoms. The van der Waals surface area contributed by atoms with Crippen molar-refractivity contribution in [2.24, 2.45) is 0 Å². The van der Waals surface area contributed by atoms with Crippen LogP contribution in [0.4, 0.5) is 0 Å². The summed E-state index contributed by atoms with van der Waals surface area (Å²) in [6, 6.07) is 7.35. The van der Waals surface area contributed by atoms with Crippen LogP contribution in [0, 0.1) is 0 Å². The Morgan fingerprint density at radius 3 is 2.67 bits per heavy atom. The van der Waals surface area contributed by atoms with Gasteiger partial charge in [-0.15, -0.1) is 0 Å². The first kappa shape index (κ1) is 15.1. The van der Waals surface area contributed by atoms with Crippen LogP contribution < -0.4 is 5.32 Å². The average molecular weight is 316 g/mol. The zero-order valence-corrected chi connectivity index (χ0v) is 11.9. The average Bonchev–Trinajstić information content (AvgIpc) is 2.37. The van der Waals surface area contributed by atoms with Gasteiger partial charge in [0.2, 0.25) is 5.91 Å². The van der Waals surface area contributed by atoms with Crippen molar-refractivity contribution in [3.8, 4) is 0 Å². The Balaban J connectivity index is 2.42. The van der Waals surface area contributed by atoms with E-state index in [1.54, 1.807) is 7.11 Å². The molecule has 1 atom stereocenters. The number of carbonyl (C=O) groups excluding carboxylic acids is 1. The summed E-state index contributed by atoms with van der Waals surface area (Å²) in [6.45, 7) is 0.444. The van der Waals surface area contributed by atoms with Gasteiger partial charge in [0.15, 0.2) is 0 Å². The van der Waals surface area contributed by atoms with E-state index in [1.165, 1.54) is 0 Å². The molecule has 0 radical (unpaired) electrons. The standard InChI is InChI=1S/C13H18BrNO3/c1-18-7-6-12(9-16)15-13(17)8-10-2-4-11(14)5-3-10/h2-5,12,16H,6-9H2,1H3,(H,15,17). The first-order valence-electron chi connectivity index (χ1n) is 5.79. The lowest BCUT2D eigenvalue weighted by Gasteiger charge is -2.15. The molecule has 100 valence electrons. The van der Waals surface area contributed by atoms with Crippen molar-refractivity contribution in [1.82, 2.24) is 5.32 Å². The summed E-state index contributed by atoms with van der Waals surface area (Å²) in [7, 11) is 1.60. The Kier molecular flexibility index (Phi) is 6.93. The number of rotatable bonds is 7. The van der Waals surface area contributed by atoms with Gasteiger partial charge in [0, 0.05) is 18.2 Å². The number of nitrogens with one attached hydrogen (secondary N) is 1. The summed E-state index contributed by atoms with van der Waals surface area (Å²) in [6.07, 6.45) is 0.926. The van der Waals surface area contributed by atoms with Crippen molar-refractivity contribution >= 4 is 21.8 Å². The molecule has 0 bridgehead atoms. The molecule has 1 amide bonds. The van der Waals surface area contributed by atoms with Gasteiger partial charge < -0.3 is 15.2 Å². The Bertz CT molecular complexity index is 367. The van der Waals surface area contributed by atoms with E-state index >= 15 is 0 Å². The summed E-state index contributed by atoms with van der Waals surface area (Å²) in [5.74, 6) is -0.0903. The molecule has 5 heteroatoms. The smallest absolute Gasteiger partial charge is 0.224 e. The van der Waals surface area contributed by atoms with E-state index in [1.807, 2.05) is 24.3 Å². The molecule has 0 aliphatic carbocycles. The van der Waals surface area contributed by atoms with Crippen molar-refractivity contribution in [2.45, 2.75) is 18.9 Å². The first-order valence-corrected chi connectivity index (χ1v) is 6.58. The number of amides is 1. The van der Waals surface area contributed by atoms with Crippen molar-refractivity contribution < 1.29 is 14.6 Å². The molecule has 0 fully saturated rings. The van der Waals surface area contributed by atoms with Gasteiger partial charge in [-0.1, -0.05) is 28.1 Å². The van der Waals surface area contributed by atoms with Crippen LogP contribution in [-0.4, -0.2) is 37.4 Å². The first-order chi connectivity index (χ1) is 8.65. The van der Waals surface area contributed by atoms with Crippen LogP contribution in [0.3, 0.4) is 0 Å². The maximum atomic E-state index is 11.8. The third-order valence-electron chi connectivity index (χ3n) is 2.53. The molecule has 0 saturated carbocycles. The van der Waals surface area contributed by atoms with Crippen LogP contribution >= 0.6 is 15.9 Å². The minimum absolute atomic E-state index is 0.0740. The second-order valence-corrected chi connectivity index (χ2v) is 4.95. The second-order valence-electron chi connectivity index (χ2n) is 4.03. The molecule has 18 heavy (non-hydrogen) atoms. The van der Waals surface area contributed by atoms with Crippen LogP contribution in [0.1, 0.15) is 12.0 Å². The molecule has 0 heterocycles. The van der Waals surface area contributed by atoms with Gasteiger partial charge in [-0.2, -0.15) is 0 Å². The SMILES string of the molecule is COCCC(CO)NC(=O)Cc1ccc(Br)cc1. The molecule has 1 aromatic rings. The van der Waals surface area contributed by atoms with Crippen LogP contribution in [0.5, 0.6) is 0 Å². The number of aliphatic hydroxyl groups excluding tert-OH is 1. The molecule has 0 saturated heterocycles. The number of ether oxygens (including phenoxy) is 1. The summed E-state index contributed by atoms with van der Waals surface area (Å²) in [5.41, 5.74) is 0.944. The van der Waals surface area contributed by atoms with E-state index in [2.05, 4.69) is 21.2 Å². The molecule has 0 aliphatic rings. The minimum Gasteiger partial charge on any atom is -0.394 e. The molecule has 1 rings (SSSR count). The summed E-state index contributed by atoms with van der Waals surface area (Å²) in [4.78, 5) is 11.8. The normalized spacial score (nSPS) is 12.2. The van der Waals surface area contributed by atoms with Gasteiger partial charge in [-0.25, -0.2) is 0 Å². The van der Waals surface area contributed by atoms with Gasteiger partial charge >= 0.3 is 0 Å². The van der Waals surface area contributed by atoms with Crippen LogP contribution in [-0.2, 0) is 16.0 Å². The predicted octanol–water partition coefficient (Wildman–Crippen LogP) is 1.51. The highest BCUT2D eigenvalue weighted by atomic mass is 79.9. The number of benzene rings is 1. The summed E-state index contributed by atoms with van der Waals surface area (Å²) < 4.78 is 5.91. The van der Waals surface area contributed by atoms with Crippen molar-refractivity contribution in [3.05, 3.63) is 34.3 Å². The summed E-state index contributed by atoms with van der Waals surface area (Å²) in [5, 5.41) is 11.9. The molecule has 1 unspecified atom stereocenters. The number of aliphatic hydroxyl groups is 1. The van der Waals surface area contributed by atoms with Gasteiger partial charge in [-0.3, -0.25) is 4.79 Å². The fraction of sp³-hybridized carbons (Fsp3) is 0.462. The summed E-state index contributed by atoms with van der Waals surface area (Å²) >= 11 is 3.34. The Labute approximate surface area is 115 Å². The topological polar surface area (TPSA) is 58.6 Å². The highest BCUT2D eigenvalue weighted by molar-refractivity contribution is 9.10.